The van der Waals surface area contributed by atoms with Crippen molar-refractivity contribution in [1.82, 2.24) is 9.97 Å². The van der Waals surface area contributed by atoms with Crippen LogP contribution >= 0.6 is 0 Å². The SMILES string of the molecule is CCCCCCCOc1ccc(-c2cnc(-c3ccccc3)nc2)cc1. The summed E-state index contributed by atoms with van der Waals surface area (Å²) in [5.74, 6) is 1.67. The molecule has 26 heavy (non-hydrogen) atoms. The molecule has 0 atom stereocenters. The van der Waals surface area contributed by atoms with Gasteiger partial charge in [0.15, 0.2) is 5.82 Å². The van der Waals surface area contributed by atoms with Gasteiger partial charge in [0.1, 0.15) is 5.75 Å². The number of nitrogens with zero attached hydrogens (tertiary/aromatic N) is 2. The second-order valence-electron chi connectivity index (χ2n) is 6.45. The van der Waals surface area contributed by atoms with Gasteiger partial charge < -0.3 is 4.74 Å². The monoisotopic (exact) mass is 346 g/mol. The fourth-order valence-corrected chi connectivity index (χ4v) is 2.85. The first-order valence-corrected chi connectivity index (χ1v) is 9.47. The Morgan fingerprint density at radius 3 is 2.08 bits per heavy atom. The van der Waals surface area contributed by atoms with Crippen LogP contribution in [0.4, 0.5) is 0 Å². The summed E-state index contributed by atoms with van der Waals surface area (Å²) in [4.78, 5) is 8.98. The third-order valence-electron chi connectivity index (χ3n) is 4.39. The van der Waals surface area contributed by atoms with Crippen LogP contribution in [0, 0.1) is 0 Å². The van der Waals surface area contributed by atoms with Crippen LogP contribution in [0.5, 0.6) is 5.75 Å². The first-order chi connectivity index (χ1) is 12.9. The van der Waals surface area contributed by atoms with Crippen LogP contribution in [0.1, 0.15) is 39.0 Å². The number of ether oxygens (including phenoxy) is 1. The lowest BCUT2D eigenvalue weighted by Gasteiger charge is -2.07. The van der Waals surface area contributed by atoms with Crippen molar-refractivity contribution in [2.45, 2.75) is 39.0 Å². The first kappa shape index (κ1) is 18.1. The lowest BCUT2D eigenvalue weighted by Crippen LogP contribution is -1.97. The molecule has 0 saturated carbocycles. The van der Waals surface area contributed by atoms with Crippen LogP contribution in [0.15, 0.2) is 67.0 Å². The molecular weight excluding hydrogens is 320 g/mol. The molecule has 0 fully saturated rings. The molecule has 3 rings (SSSR count). The lowest BCUT2D eigenvalue weighted by molar-refractivity contribution is 0.304. The molecule has 3 heteroatoms. The summed E-state index contributed by atoms with van der Waals surface area (Å²) in [7, 11) is 0. The summed E-state index contributed by atoms with van der Waals surface area (Å²) in [5.41, 5.74) is 3.14. The molecule has 1 heterocycles. The van der Waals surface area contributed by atoms with Gasteiger partial charge in [0.2, 0.25) is 0 Å². The van der Waals surface area contributed by atoms with Crippen molar-refractivity contribution in [2.75, 3.05) is 6.61 Å². The van der Waals surface area contributed by atoms with Gasteiger partial charge in [0.05, 0.1) is 6.61 Å². The van der Waals surface area contributed by atoms with Crippen LogP contribution in [0.3, 0.4) is 0 Å². The average molecular weight is 346 g/mol. The Kier molecular flexibility index (Phi) is 6.77. The molecule has 1 aromatic heterocycles. The van der Waals surface area contributed by atoms with Gasteiger partial charge in [-0.1, -0.05) is 75.1 Å². The second-order valence-corrected chi connectivity index (χ2v) is 6.45. The summed E-state index contributed by atoms with van der Waals surface area (Å²) in [6.07, 6.45) is 10.0. The van der Waals surface area contributed by atoms with Crippen molar-refractivity contribution < 1.29 is 4.74 Å². The molecule has 0 radical (unpaired) electrons. The van der Waals surface area contributed by atoms with Crippen LogP contribution in [0.2, 0.25) is 0 Å². The smallest absolute Gasteiger partial charge is 0.159 e. The van der Waals surface area contributed by atoms with Gasteiger partial charge >= 0.3 is 0 Å². The summed E-state index contributed by atoms with van der Waals surface area (Å²) in [6, 6.07) is 18.2. The van der Waals surface area contributed by atoms with Gasteiger partial charge in [-0.15, -0.1) is 0 Å². The number of benzene rings is 2. The third-order valence-corrected chi connectivity index (χ3v) is 4.39. The highest BCUT2D eigenvalue weighted by atomic mass is 16.5. The van der Waals surface area contributed by atoms with Crippen molar-refractivity contribution in [2.24, 2.45) is 0 Å². The van der Waals surface area contributed by atoms with Gasteiger partial charge in [0.25, 0.3) is 0 Å². The molecule has 0 aliphatic heterocycles. The molecule has 134 valence electrons. The van der Waals surface area contributed by atoms with Crippen molar-refractivity contribution >= 4 is 0 Å². The van der Waals surface area contributed by atoms with Crippen LogP contribution in [-0.4, -0.2) is 16.6 Å². The van der Waals surface area contributed by atoms with Gasteiger partial charge in [0, 0.05) is 23.5 Å². The standard InChI is InChI=1S/C23H26N2O/c1-2-3-4-5-9-16-26-22-14-12-19(13-15-22)21-17-24-23(25-18-21)20-10-7-6-8-11-20/h6-8,10-15,17-18H,2-5,9,16H2,1H3. The predicted molar refractivity (Wildman–Crippen MR) is 107 cm³/mol. The van der Waals surface area contributed by atoms with E-state index in [9.17, 15) is 0 Å². The molecule has 2 aromatic carbocycles. The maximum atomic E-state index is 5.82. The Morgan fingerprint density at radius 1 is 0.692 bits per heavy atom. The van der Waals surface area contributed by atoms with E-state index in [0.29, 0.717) is 0 Å². The maximum Gasteiger partial charge on any atom is 0.159 e. The minimum absolute atomic E-state index is 0.748. The predicted octanol–water partition coefficient (Wildman–Crippen LogP) is 6.16. The van der Waals surface area contributed by atoms with E-state index in [-0.39, 0.29) is 0 Å². The van der Waals surface area contributed by atoms with E-state index in [2.05, 4.69) is 29.0 Å². The van der Waals surface area contributed by atoms with E-state index in [1.54, 1.807) is 0 Å². The highest BCUT2D eigenvalue weighted by Gasteiger charge is 2.03. The van der Waals surface area contributed by atoms with Crippen molar-refractivity contribution in [1.29, 1.82) is 0 Å². The zero-order valence-corrected chi connectivity index (χ0v) is 15.4. The fourth-order valence-electron chi connectivity index (χ4n) is 2.85. The van der Waals surface area contributed by atoms with Crippen molar-refractivity contribution in [3.8, 4) is 28.3 Å². The largest absolute Gasteiger partial charge is 0.494 e. The van der Waals surface area contributed by atoms with Gasteiger partial charge in [-0.05, 0) is 24.1 Å². The van der Waals surface area contributed by atoms with Gasteiger partial charge in [-0.3, -0.25) is 0 Å². The molecule has 0 unspecified atom stereocenters. The third kappa shape index (κ3) is 5.16. The van der Waals surface area contributed by atoms with E-state index >= 15 is 0 Å². The Morgan fingerprint density at radius 2 is 1.38 bits per heavy atom. The number of unbranched alkanes of at least 4 members (excludes halogenated alkanes) is 4. The minimum atomic E-state index is 0.748. The van der Waals surface area contributed by atoms with Crippen LogP contribution < -0.4 is 4.74 Å². The van der Waals surface area contributed by atoms with Crippen molar-refractivity contribution in [3.63, 3.8) is 0 Å². The van der Waals surface area contributed by atoms with E-state index in [4.69, 9.17) is 4.74 Å². The summed E-state index contributed by atoms with van der Waals surface area (Å²) < 4.78 is 5.82. The molecule has 3 aromatic rings. The summed E-state index contributed by atoms with van der Waals surface area (Å²) in [5, 5.41) is 0. The minimum Gasteiger partial charge on any atom is -0.494 e. The lowest BCUT2D eigenvalue weighted by atomic mass is 10.1. The topological polar surface area (TPSA) is 35.0 Å². The molecule has 0 aliphatic carbocycles. The van der Waals surface area contributed by atoms with Crippen LogP contribution in [-0.2, 0) is 0 Å². The highest BCUT2D eigenvalue weighted by Crippen LogP contribution is 2.23. The number of rotatable bonds is 9. The first-order valence-electron chi connectivity index (χ1n) is 9.47. The highest BCUT2D eigenvalue weighted by molar-refractivity contribution is 5.64. The molecule has 0 amide bonds. The number of aromatic nitrogens is 2. The second kappa shape index (κ2) is 9.71. The Labute approximate surface area is 156 Å². The Hall–Kier alpha value is -2.68. The molecule has 0 aliphatic rings. The Balaban J connectivity index is 1.55. The van der Waals surface area contributed by atoms with E-state index in [0.717, 1.165) is 41.3 Å². The fraction of sp³-hybridized carbons (Fsp3) is 0.304. The van der Waals surface area contributed by atoms with Crippen LogP contribution in [0.25, 0.3) is 22.5 Å². The molecule has 0 saturated heterocycles. The molecule has 0 bridgehead atoms. The van der Waals surface area contributed by atoms with E-state index in [1.165, 1.54) is 25.7 Å². The zero-order valence-electron chi connectivity index (χ0n) is 15.4. The molecular formula is C23H26N2O. The maximum absolute atomic E-state index is 5.82. The quantitative estimate of drug-likeness (QED) is 0.435. The van der Waals surface area contributed by atoms with E-state index in [1.807, 2.05) is 54.9 Å². The molecule has 3 nitrogen and oxygen atoms in total. The van der Waals surface area contributed by atoms with Crippen molar-refractivity contribution in [3.05, 3.63) is 67.0 Å². The normalized spacial score (nSPS) is 10.7. The zero-order chi connectivity index (χ0) is 18.0. The number of hydrogen-bond acceptors (Lipinski definition) is 3. The summed E-state index contributed by atoms with van der Waals surface area (Å²) in [6.45, 7) is 3.02. The van der Waals surface area contributed by atoms with E-state index < -0.39 is 0 Å². The average Bonchev–Trinajstić information content (AvgIpc) is 2.72. The molecule has 0 N–H and O–H groups in total. The number of hydrogen-bond donors (Lipinski definition) is 0. The Bertz CT molecular complexity index is 768. The van der Waals surface area contributed by atoms with Gasteiger partial charge in [-0.25, -0.2) is 9.97 Å². The summed E-state index contributed by atoms with van der Waals surface area (Å²) >= 11 is 0. The van der Waals surface area contributed by atoms with Gasteiger partial charge in [-0.2, -0.15) is 0 Å². The molecule has 0 spiro atoms.